The first kappa shape index (κ1) is 21.0. The molecule has 0 unspecified atom stereocenters. The van der Waals surface area contributed by atoms with Gasteiger partial charge in [-0.3, -0.25) is 4.79 Å². The number of anilines is 2. The molecule has 2 aromatic carbocycles. The Bertz CT molecular complexity index is 1080. The van der Waals surface area contributed by atoms with Gasteiger partial charge in [0.05, 0.1) is 0 Å². The third-order valence-corrected chi connectivity index (χ3v) is 5.44. The van der Waals surface area contributed by atoms with Crippen LogP contribution in [0.5, 0.6) is 0 Å². The minimum absolute atomic E-state index is 0.619. The van der Waals surface area contributed by atoms with Gasteiger partial charge in [-0.05, 0) is 61.8 Å². The number of benzene rings is 2. The second-order valence-corrected chi connectivity index (χ2v) is 7.52. The Morgan fingerprint density at radius 2 is 1.97 bits per heavy atom. The van der Waals surface area contributed by atoms with Crippen LogP contribution < -0.4 is 16.0 Å². The van der Waals surface area contributed by atoms with Crippen LogP contribution >= 0.6 is 0 Å². The van der Waals surface area contributed by atoms with Crippen molar-refractivity contribution in [2.75, 3.05) is 25.5 Å². The van der Waals surface area contributed by atoms with E-state index in [4.69, 9.17) is 4.98 Å². The predicted molar refractivity (Wildman–Crippen MR) is 124 cm³/mol. The number of carbonyl (C=O) groups is 1. The highest BCUT2D eigenvalue weighted by Gasteiger charge is 2.13. The Labute approximate surface area is 182 Å². The molecule has 0 saturated carbocycles. The van der Waals surface area contributed by atoms with Crippen LogP contribution in [0, 0.1) is 0 Å². The van der Waals surface area contributed by atoms with Gasteiger partial charge in [-0.1, -0.05) is 30.3 Å². The van der Waals surface area contributed by atoms with Gasteiger partial charge >= 0.3 is 0 Å². The maximum Gasteiger partial charge on any atom is 0.226 e. The minimum Gasteiger partial charge on any atom is -0.324 e. The average molecular weight is 417 g/mol. The summed E-state index contributed by atoms with van der Waals surface area (Å²) in [6.45, 7) is 5.31. The molecule has 2 heterocycles. The molecular weight excluding hydrogens is 388 g/mol. The molecule has 160 valence electrons. The van der Waals surface area contributed by atoms with Crippen molar-refractivity contribution in [3.8, 4) is 11.4 Å². The second kappa shape index (κ2) is 9.68. The van der Waals surface area contributed by atoms with Crippen LogP contribution in [0.15, 0.2) is 48.5 Å². The molecule has 0 saturated heterocycles. The van der Waals surface area contributed by atoms with Crippen molar-refractivity contribution >= 4 is 23.5 Å². The van der Waals surface area contributed by atoms with E-state index >= 15 is 0 Å². The Hall–Kier alpha value is -3.29. The van der Waals surface area contributed by atoms with Crippen LogP contribution in [0.3, 0.4) is 0 Å². The molecule has 1 aromatic heterocycles. The zero-order valence-electron chi connectivity index (χ0n) is 18.0. The van der Waals surface area contributed by atoms with E-state index in [9.17, 15) is 4.79 Å². The number of nitrogens with one attached hydrogen (secondary N) is 3. The molecule has 0 radical (unpaired) electrons. The quantitative estimate of drug-likeness (QED) is 0.487. The van der Waals surface area contributed by atoms with E-state index in [1.54, 1.807) is 0 Å². The molecule has 0 aliphatic carbocycles. The van der Waals surface area contributed by atoms with Gasteiger partial charge in [0.1, 0.15) is 6.29 Å². The summed E-state index contributed by atoms with van der Waals surface area (Å²) in [4.78, 5) is 16.0. The van der Waals surface area contributed by atoms with Gasteiger partial charge in [0, 0.05) is 36.4 Å². The molecule has 0 fully saturated rings. The Kier molecular flexibility index (Phi) is 6.54. The Balaban J connectivity index is 1.57. The normalized spacial score (nSPS) is 13.7. The van der Waals surface area contributed by atoms with Crippen LogP contribution in [-0.2, 0) is 13.1 Å². The number of hydrogen-bond acceptors (Lipinski definition) is 6. The SMILES string of the molecule is CCn1nc(-c2ccc(C3=CCNCC3)cc2)nc1Nc1ccc(C=O)c(CNC)c1. The summed E-state index contributed by atoms with van der Waals surface area (Å²) in [5.74, 6) is 1.37. The number of carbonyl (C=O) groups excluding carboxylic acids is 1. The van der Waals surface area contributed by atoms with Gasteiger partial charge < -0.3 is 16.0 Å². The van der Waals surface area contributed by atoms with E-state index in [2.05, 4.69) is 51.4 Å². The van der Waals surface area contributed by atoms with Gasteiger partial charge in [-0.25, -0.2) is 4.68 Å². The van der Waals surface area contributed by atoms with Gasteiger partial charge in [-0.2, -0.15) is 4.98 Å². The molecule has 1 aliphatic heterocycles. The summed E-state index contributed by atoms with van der Waals surface area (Å²) < 4.78 is 1.85. The number of rotatable bonds is 8. The maximum absolute atomic E-state index is 11.3. The zero-order chi connectivity index (χ0) is 21.6. The van der Waals surface area contributed by atoms with Gasteiger partial charge in [0.25, 0.3) is 0 Å². The second-order valence-electron chi connectivity index (χ2n) is 7.52. The average Bonchev–Trinajstić information content (AvgIpc) is 3.23. The number of aldehydes is 1. The van der Waals surface area contributed by atoms with Crippen LogP contribution in [0.1, 0.15) is 34.8 Å². The number of aryl methyl sites for hydroxylation is 1. The van der Waals surface area contributed by atoms with Crippen molar-refractivity contribution < 1.29 is 4.79 Å². The van der Waals surface area contributed by atoms with E-state index in [-0.39, 0.29) is 0 Å². The fraction of sp³-hybridized carbons (Fsp3) is 0.292. The lowest BCUT2D eigenvalue weighted by atomic mass is 9.99. The third-order valence-electron chi connectivity index (χ3n) is 5.44. The van der Waals surface area contributed by atoms with E-state index in [0.29, 0.717) is 30.4 Å². The topological polar surface area (TPSA) is 83.9 Å². The smallest absolute Gasteiger partial charge is 0.226 e. The Morgan fingerprint density at radius 3 is 2.65 bits per heavy atom. The van der Waals surface area contributed by atoms with Crippen molar-refractivity contribution in [3.05, 3.63) is 65.2 Å². The molecule has 3 N–H and O–H groups in total. The molecule has 4 rings (SSSR count). The molecule has 31 heavy (non-hydrogen) atoms. The van der Waals surface area contributed by atoms with Gasteiger partial charge in [-0.15, -0.1) is 5.10 Å². The molecule has 0 atom stereocenters. The fourth-order valence-corrected chi connectivity index (χ4v) is 3.77. The molecule has 7 nitrogen and oxygen atoms in total. The first-order valence-electron chi connectivity index (χ1n) is 10.7. The molecular formula is C24H28N6O. The van der Waals surface area contributed by atoms with Crippen molar-refractivity contribution in [2.45, 2.75) is 26.4 Å². The number of hydrogen-bond donors (Lipinski definition) is 3. The monoisotopic (exact) mass is 416 g/mol. The summed E-state index contributed by atoms with van der Waals surface area (Å²) in [6.07, 6.45) is 4.18. The van der Waals surface area contributed by atoms with Crippen molar-refractivity contribution in [1.29, 1.82) is 0 Å². The third kappa shape index (κ3) is 4.73. The van der Waals surface area contributed by atoms with Crippen LogP contribution in [0.4, 0.5) is 11.6 Å². The van der Waals surface area contributed by atoms with Crippen LogP contribution in [0.2, 0.25) is 0 Å². The van der Waals surface area contributed by atoms with Crippen molar-refractivity contribution in [3.63, 3.8) is 0 Å². The lowest BCUT2D eigenvalue weighted by Gasteiger charge is -2.14. The number of nitrogens with zero attached hydrogens (tertiary/aromatic N) is 3. The summed E-state index contributed by atoms with van der Waals surface area (Å²) in [5.41, 5.74) is 6.12. The van der Waals surface area contributed by atoms with E-state index in [1.165, 1.54) is 11.1 Å². The first-order chi connectivity index (χ1) is 15.2. The van der Waals surface area contributed by atoms with Gasteiger partial charge in [0.2, 0.25) is 5.95 Å². The largest absolute Gasteiger partial charge is 0.324 e. The predicted octanol–water partition coefficient (Wildman–Crippen LogP) is 3.62. The fourth-order valence-electron chi connectivity index (χ4n) is 3.77. The zero-order valence-corrected chi connectivity index (χ0v) is 18.0. The highest BCUT2D eigenvalue weighted by molar-refractivity contribution is 5.79. The number of aromatic nitrogens is 3. The summed E-state index contributed by atoms with van der Waals surface area (Å²) in [7, 11) is 1.86. The molecule has 3 aromatic rings. The molecule has 7 heteroatoms. The molecule has 0 amide bonds. The lowest BCUT2D eigenvalue weighted by Crippen LogP contribution is -2.19. The highest BCUT2D eigenvalue weighted by atomic mass is 16.1. The van der Waals surface area contributed by atoms with Crippen LogP contribution in [0.25, 0.3) is 17.0 Å². The first-order valence-corrected chi connectivity index (χ1v) is 10.7. The maximum atomic E-state index is 11.3. The molecule has 1 aliphatic rings. The van der Waals surface area contributed by atoms with E-state index in [1.807, 2.05) is 36.9 Å². The van der Waals surface area contributed by atoms with E-state index < -0.39 is 0 Å². The summed E-state index contributed by atoms with van der Waals surface area (Å²) in [5, 5.41) is 14.5. The van der Waals surface area contributed by atoms with Gasteiger partial charge in [0.15, 0.2) is 5.82 Å². The van der Waals surface area contributed by atoms with Crippen molar-refractivity contribution in [1.82, 2.24) is 25.4 Å². The lowest BCUT2D eigenvalue weighted by molar-refractivity contribution is 0.112. The van der Waals surface area contributed by atoms with E-state index in [0.717, 1.165) is 42.6 Å². The van der Waals surface area contributed by atoms with Crippen molar-refractivity contribution in [2.24, 2.45) is 0 Å². The molecule has 0 bridgehead atoms. The molecule has 0 spiro atoms. The highest BCUT2D eigenvalue weighted by Crippen LogP contribution is 2.25. The van der Waals surface area contributed by atoms with Crippen LogP contribution in [-0.4, -0.2) is 41.2 Å². The minimum atomic E-state index is 0.619. The summed E-state index contributed by atoms with van der Waals surface area (Å²) >= 11 is 0. The summed E-state index contributed by atoms with van der Waals surface area (Å²) in [6, 6.07) is 14.1. The standard InChI is InChI=1S/C24H28N6O/c1-3-30-24(27-22-9-8-20(16-31)21(14-22)15-25-2)28-23(29-30)19-6-4-17(5-7-19)18-10-12-26-13-11-18/h4-10,14,16,25-26H,3,11-13,15H2,1-2H3,(H,27,28,29). The Morgan fingerprint density at radius 1 is 1.16 bits per heavy atom.